The molecule has 1 rings (SSSR count). The van der Waals surface area contributed by atoms with Gasteiger partial charge in [0.1, 0.15) is 0 Å². The van der Waals surface area contributed by atoms with E-state index in [2.05, 4.69) is 29.5 Å². The van der Waals surface area contributed by atoms with Crippen molar-refractivity contribution < 1.29 is 0 Å². The van der Waals surface area contributed by atoms with Crippen LogP contribution in [-0.2, 0) is 0 Å². The van der Waals surface area contributed by atoms with Gasteiger partial charge in [0.25, 0.3) is 0 Å². The Labute approximate surface area is 78.6 Å². The standard InChI is InChI=1S/C10H11NS/c1-9-10(5-2-3-8-12)6-4-7-11-9/h4,6-7,12H,3,8H2,1H3. The van der Waals surface area contributed by atoms with E-state index in [4.69, 9.17) is 0 Å². The third-order valence-electron chi connectivity index (χ3n) is 1.47. The normalized spacial score (nSPS) is 8.83. The minimum absolute atomic E-state index is 0.812. The second kappa shape index (κ2) is 4.84. The van der Waals surface area contributed by atoms with E-state index in [1.54, 1.807) is 6.20 Å². The van der Waals surface area contributed by atoms with Gasteiger partial charge in [-0.25, -0.2) is 0 Å². The van der Waals surface area contributed by atoms with Crippen molar-refractivity contribution in [3.8, 4) is 11.8 Å². The van der Waals surface area contributed by atoms with Gasteiger partial charge in [0.15, 0.2) is 0 Å². The van der Waals surface area contributed by atoms with E-state index in [9.17, 15) is 0 Å². The van der Waals surface area contributed by atoms with Crippen molar-refractivity contribution in [3.63, 3.8) is 0 Å². The lowest BCUT2D eigenvalue weighted by Gasteiger charge is -1.93. The number of thiol groups is 1. The van der Waals surface area contributed by atoms with Gasteiger partial charge in [-0.05, 0) is 19.1 Å². The minimum Gasteiger partial charge on any atom is -0.260 e. The van der Waals surface area contributed by atoms with Crippen molar-refractivity contribution in [1.29, 1.82) is 0 Å². The number of pyridine rings is 1. The average Bonchev–Trinajstić information content (AvgIpc) is 2.09. The summed E-state index contributed by atoms with van der Waals surface area (Å²) in [5, 5.41) is 0. The van der Waals surface area contributed by atoms with E-state index < -0.39 is 0 Å². The van der Waals surface area contributed by atoms with Crippen LogP contribution < -0.4 is 0 Å². The monoisotopic (exact) mass is 177 g/mol. The first-order valence-corrected chi connectivity index (χ1v) is 4.49. The molecule has 1 heterocycles. The molecule has 1 aromatic rings. The Morgan fingerprint density at radius 3 is 3.08 bits per heavy atom. The predicted molar refractivity (Wildman–Crippen MR) is 54.3 cm³/mol. The Hall–Kier alpha value is -0.940. The van der Waals surface area contributed by atoms with Crippen LogP contribution in [-0.4, -0.2) is 10.7 Å². The van der Waals surface area contributed by atoms with E-state index in [-0.39, 0.29) is 0 Å². The Kier molecular flexibility index (Phi) is 3.69. The van der Waals surface area contributed by atoms with Gasteiger partial charge in [-0.1, -0.05) is 11.8 Å². The first-order chi connectivity index (χ1) is 5.84. The molecule has 0 N–H and O–H groups in total. The maximum atomic E-state index is 4.14. The summed E-state index contributed by atoms with van der Waals surface area (Å²) in [5.41, 5.74) is 2.00. The lowest BCUT2D eigenvalue weighted by atomic mass is 10.2. The maximum absolute atomic E-state index is 4.14. The van der Waals surface area contributed by atoms with E-state index in [0.717, 1.165) is 23.4 Å². The highest BCUT2D eigenvalue weighted by Crippen LogP contribution is 2.00. The van der Waals surface area contributed by atoms with Crippen molar-refractivity contribution in [1.82, 2.24) is 4.98 Å². The Morgan fingerprint density at radius 1 is 1.58 bits per heavy atom. The molecular formula is C10H11NS. The number of aryl methyl sites for hydroxylation is 1. The van der Waals surface area contributed by atoms with E-state index in [1.807, 2.05) is 19.1 Å². The third kappa shape index (κ3) is 2.60. The molecule has 0 saturated carbocycles. The fraction of sp³-hybridized carbons (Fsp3) is 0.300. The lowest BCUT2D eigenvalue weighted by molar-refractivity contribution is 1.18. The first-order valence-electron chi connectivity index (χ1n) is 3.86. The molecule has 0 fully saturated rings. The predicted octanol–water partition coefficient (Wildman–Crippen LogP) is 2.06. The summed E-state index contributed by atoms with van der Waals surface area (Å²) in [4.78, 5) is 4.14. The van der Waals surface area contributed by atoms with Gasteiger partial charge < -0.3 is 0 Å². The van der Waals surface area contributed by atoms with Gasteiger partial charge in [-0.3, -0.25) is 4.98 Å². The Balaban J connectivity index is 2.77. The van der Waals surface area contributed by atoms with Crippen LogP contribution in [0.1, 0.15) is 17.7 Å². The molecule has 0 aliphatic carbocycles. The molecule has 0 aliphatic heterocycles. The van der Waals surface area contributed by atoms with Crippen molar-refractivity contribution in [2.45, 2.75) is 13.3 Å². The molecule has 0 aromatic carbocycles. The van der Waals surface area contributed by atoms with Gasteiger partial charge >= 0.3 is 0 Å². The molecule has 0 unspecified atom stereocenters. The summed E-state index contributed by atoms with van der Waals surface area (Å²) in [6, 6.07) is 3.88. The van der Waals surface area contributed by atoms with E-state index in [1.165, 1.54) is 0 Å². The smallest absolute Gasteiger partial charge is 0.0528 e. The quantitative estimate of drug-likeness (QED) is 0.512. The molecule has 1 nitrogen and oxygen atoms in total. The fourth-order valence-corrected chi connectivity index (χ4v) is 0.942. The molecule has 0 spiro atoms. The highest BCUT2D eigenvalue weighted by molar-refractivity contribution is 7.80. The van der Waals surface area contributed by atoms with Crippen molar-refractivity contribution >= 4 is 12.6 Å². The zero-order chi connectivity index (χ0) is 8.81. The van der Waals surface area contributed by atoms with E-state index >= 15 is 0 Å². The van der Waals surface area contributed by atoms with Crippen LogP contribution in [0.3, 0.4) is 0 Å². The average molecular weight is 177 g/mol. The van der Waals surface area contributed by atoms with Crippen LogP contribution in [0.25, 0.3) is 0 Å². The lowest BCUT2D eigenvalue weighted by Crippen LogP contribution is -1.84. The Bertz CT molecular complexity index is 309. The Morgan fingerprint density at radius 2 is 2.42 bits per heavy atom. The van der Waals surface area contributed by atoms with Crippen LogP contribution in [0.5, 0.6) is 0 Å². The number of aromatic nitrogens is 1. The zero-order valence-corrected chi connectivity index (χ0v) is 7.94. The molecule has 1 aromatic heterocycles. The summed E-state index contributed by atoms with van der Waals surface area (Å²) in [6.07, 6.45) is 2.61. The second-order valence-electron chi connectivity index (χ2n) is 2.41. The van der Waals surface area contributed by atoms with E-state index in [0.29, 0.717) is 0 Å². The molecule has 0 atom stereocenters. The maximum Gasteiger partial charge on any atom is 0.0528 e. The number of nitrogens with zero attached hydrogens (tertiary/aromatic N) is 1. The molecule has 12 heavy (non-hydrogen) atoms. The second-order valence-corrected chi connectivity index (χ2v) is 2.86. The third-order valence-corrected chi connectivity index (χ3v) is 1.69. The highest BCUT2D eigenvalue weighted by Gasteiger charge is 1.90. The van der Waals surface area contributed by atoms with Crippen LogP contribution in [0.2, 0.25) is 0 Å². The number of rotatable bonds is 1. The summed E-state index contributed by atoms with van der Waals surface area (Å²) in [5.74, 6) is 6.89. The van der Waals surface area contributed by atoms with Crippen LogP contribution in [0, 0.1) is 18.8 Å². The van der Waals surface area contributed by atoms with Crippen LogP contribution in [0.4, 0.5) is 0 Å². The molecule has 62 valence electrons. The van der Waals surface area contributed by atoms with Crippen molar-refractivity contribution in [2.75, 3.05) is 5.75 Å². The topological polar surface area (TPSA) is 12.9 Å². The first kappa shape index (κ1) is 9.15. The molecule has 0 aliphatic rings. The largest absolute Gasteiger partial charge is 0.260 e. The molecule has 0 bridgehead atoms. The van der Waals surface area contributed by atoms with Gasteiger partial charge in [0, 0.05) is 23.9 Å². The molecule has 0 saturated heterocycles. The molecule has 0 amide bonds. The summed E-state index contributed by atoms with van der Waals surface area (Å²) >= 11 is 4.07. The molecule has 2 heteroatoms. The van der Waals surface area contributed by atoms with Crippen molar-refractivity contribution in [3.05, 3.63) is 29.6 Å². The van der Waals surface area contributed by atoms with Crippen LogP contribution in [0.15, 0.2) is 18.3 Å². The SMILES string of the molecule is Cc1ncccc1C#CCCS. The van der Waals surface area contributed by atoms with Crippen molar-refractivity contribution in [2.24, 2.45) is 0 Å². The summed E-state index contributed by atoms with van der Waals surface area (Å²) < 4.78 is 0. The van der Waals surface area contributed by atoms with Gasteiger partial charge in [0.2, 0.25) is 0 Å². The zero-order valence-electron chi connectivity index (χ0n) is 7.04. The summed E-state index contributed by atoms with van der Waals surface area (Å²) in [6.45, 7) is 1.96. The van der Waals surface area contributed by atoms with Crippen LogP contribution >= 0.6 is 12.6 Å². The molecular weight excluding hydrogens is 166 g/mol. The van der Waals surface area contributed by atoms with Gasteiger partial charge in [-0.15, -0.1) is 0 Å². The fourth-order valence-electron chi connectivity index (χ4n) is 0.830. The van der Waals surface area contributed by atoms with Gasteiger partial charge in [0.05, 0.1) is 5.69 Å². The number of hydrogen-bond donors (Lipinski definition) is 1. The van der Waals surface area contributed by atoms with Gasteiger partial charge in [-0.2, -0.15) is 12.6 Å². The number of hydrogen-bond acceptors (Lipinski definition) is 2. The minimum atomic E-state index is 0.812. The molecule has 0 radical (unpaired) electrons. The summed E-state index contributed by atoms with van der Waals surface area (Å²) in [7, 11) is 0. The highest BCUT2D eigenvalue weighted by atomic mass is 32.1.